The molecule has 1 fully saturated rings. The maximum absolute atomic E-state index is 14.9. The van der Waals surface area contributed by atoms with Crippen LogP contribution in [0.15, 0.2) is 16.9 Å². The lowest BCUT2D eigenvalue weighted by atomic mass is 9.74. The molecule has 0 unspecified atom stereocenters. The highest BCUT2D eigenvalue weighted by Gasteiger charge is 2.47. The predicted octanol–water partition coefficient (Wildman–Crippen LogP) is 1.78. The number of aliphatic hydroxyl groups is 1. The van der Waals surface area contributed by atoms with Crippen LogP contribution in [0.2, 0.25) is 0 Å². The van der Waals surface area contributed by atoms with Gasteiger partial charge in [0.1, 0.15) is 17.5 Å². The van der Waals surface area contributed by atoms with Crippen LogP contribution in [0.3, 0.4) is 0 Å². The van der Waals surface area contributed by atoms with Crippen molar-refractivity contribution in [2.75, 3.05) is 61.1 Å². The van der Waals surface area contributed by atoms with Gasteiger partial charge in [-0.25, -0.2) is 8.78 Å². The van der Waals surface area contributed by atoms with Crippen LogP contribution in [0.25, 0.3) is 0 Å². The van der Waals surface area contributed by atoms with Gasteiger partial charge in [-0.1, -0.05) is 0 Å². The van der Waals surface area contributed by atoms with Gasteiger partial charge in [-0.15, -0.1) is 0 Å². The van der Waals surface area contributed by atoms with Gasteiger partial charge < -0.3 is 19.8 Å². The molecule has 9 heteroatoms. The van der Waals surface area contributed by atoms with E-state index in [0.29, 0.717) is 56.2 Å². The average Bonchev–Trinajstić information content (AvgIpc) is 3.02. The van der Waals surface area contributed by atoms with Crippen molar-refractivity contribution in [1.29, 1.82) is 0 Å². The summed E-state index contributed by atoms with van der Waals surface area (Å²) in [4.78, 5) is 26.2. The molecule has 2 aromatic rings. The van der Waals surface area contributed by atoms with Gasteiger partial charge in [0, 0.05) is 62.5 Å². The highest BCUT2D eigenvalue weighted by molar-refractivity contribution is 5.64. The number of nitrogens with zero attached hydrogens (tertiary/aromatic N) is 4. The number of H-pyrrole nitrogens is 1. The SMILES string of the molecule is CN1CCCc2c1nc(N1CCC3(CC1)CN(CCO)c1cc(F)cc(F)c13)[nH]c2=O. The van der Waals surface area contributed by atoms with Crippen LogP contribution in [0, 0.1) is 11.6 Å². The molecule has 2 N–H and O–H groups in total. The molecule has 0 aliphatic carbocycles. The molecule has 1 aromatic heterocycles. The number of β-amino-alcohol motifs (C(OH)–C–C–N with tert-alkyl or cyclic N) is 1. The highest BCUT2D eigenvalue weighted by atomic mass is 19.1. The van der Waals surface area contributed by atoms with E-state index in [0.717, 1.165) is 36.8 Å². The second-order valence-corrected chi connectivity index (χ2v) is 8.91. The molecular formula is C22H27F2N5O2. The lowest BCUT2D eigenvalue weighted by molar-refractivity contribution is 0.293. The van der Waals surface area contributed by atoms with Crippen LogP contribution in [0.1, 0.15) is 30.4 Å². The van der Waals surface area contributed by atoms with Gasteiger partial charge in [0.2, 0.25) is 5.95 Å². The number of anilines is 3. The van der Waals surface area contributed by atoms with Crippen LogP contribution < -0.4 is 20.3 Å². The quantitative estimate of drug-likeness (QED) is 0.772. The van der Waals surface area contributed by atoms with E-state index < -0.39 is 17.0 Å². The number of aromatic amines is 1. The predicted molar refractivity (Wildman–Crippen MR) is 115 cm³/mol. The van der Waals surface area contributed by atoms with Gasteiger partial charge in [-0.2, -0.15) is 4.98 Å². The summed E-state index contributed by atoms with van der Waals surface area (Å²) in [6, 6.07) is 2.32. The second kappa shape index (κ2) is 7.47. The standard InChI is InChI=1S/C22H27F2N5O2/c1-27-6-2-3-15-19(27)25-21(26-20(15)31)28-7-4-22(5-8-28)13-29(9-10-30)17-12-14(23)11-16(24)18(17)22/h11-12,30H,2-10,13H2,1H3,(H,25,26,31). The molecule has 1 aromatic carbocycles. The summed E-state index contributed by atoms with van der Waals surface area (Å²) in [6.45, 7) is 2.90. The molecule has 0 saturated carbocycles. The molecule has 3 aliphatic rings. The largest absolute Gasteiger partial charge is 0.395 e. The first-order chi connectivity index (χ1) is 14.9. The van der Waals surface area contributed by atoms with Crippen molar-refractivity contribution in [3.8, 4) is 0 Å². The summed E-state index contributed by atoms with van der Waals surface area (Å²) < 4.78 is 28.8. The first-order valence-corrected chi connectivity index (χ1v) is 10.9. The number of rotatable bonds is 3. The summed E-state index contributed by atoms with van der Waals surface area (Å²) in [5.41, 5.74) is 1.30. The summed E-state index contributed by atoms with van der Waals surface area (Å²) in [5.74, 6) is 0.170. The summed E-state index contributed by atoms with van der Waals surface area (Å²) in [5, 5.41) is 9.43. The van der Waals surface area contributed by atoms with E-state index in [1.54, 1.807) is 0 Å². The Bertz CT molecular complexity index is 1060. The first-order valence-electron chi connectivity index (χ1n) is 10.9. The Kier molecular flexibility index (Phi) is 4.88. The van der Waals surface area contributed by atoms with Gasteiger partial charge in [-0.3, -0.25) is 9.78 Å². The van der Waals surface area contributed by atoms with E-state index in [-0.39, 0.29) is 12.2 Å². The van der Waals surface area contributed by atoms with E-state index in [2.05, 4.69) is 4.98 Å². The Labute approximate surface area is 179 Å². The zero-order valence-electron chi connectivity index (χ0n) is 17.6. The van der Waals surface area contributed by atoms with Crippen molar-refractivity contribution in [3.63, 3.8) is 0 Å². The van der Waals surface area contributed by atoms with Crippen molar-refractivity contribution in [1.82, 2.24) is 9.97 Å². The number of fused-ring (bicyclic) bond motifs is 3. The minimum Gasteiger partial charge on any atom is -0.395 e. The fourth-order valence-electron chi connectivity index (χ4n) is 5.50. The molecule has 3 aliphatic heterocycles. The lowest BCUT2D eigenvalue weighted by Crippen LogP contribution is -2.47. The van der Waals surface area contributed by atoms with E-state index in [4.69, 9.17) is 4.98 Å². The van der Waals surface area contributed by atoms with Crippen molar-refractivity contribution in [2.45, 2.75) is 31.1 Å². The number of benzene rings is 1. The van der Waals surface area contributed by atoms with E-state index in [1.165, 1.54) is 6.07 Å². The number of halogens is 2. The topological polar surface area (TPSA) is 75.7 Å². The van der Waals surface area contributed by atoms with Gasteiger partial charge in [-0.05, 0) is 31.7 Å². The number of aliphatic hydroxyl groups excluding tert-OH is 1. The molecule has 7 nitrogen and oxygen atoms in total. The molecule has 1 spiro atoms. The van der Waals surface area contributed by atoms with Crippen LogP contribution in [0.4, 0.5) is 26.2 Å². The average molecular weight is 431 g/mol. The maximum Gasteiger partial charge on any atom is 0.257 e. The molecule has 0 bridgehead atoms. The Balaban J connectivity index is 1.43. The van der Waals surface area contributed by atoms with Crippen molar-refractivity contribution in [3.05, 3.63) is 45.2 Å². The molecule has 166 valence electrons. The van der Waals surface area contributed by atoms with Crippen LogP contribution in [0.5, 0.6) is 0 Å². The van der Waals surface area contributed by atoms with E-state index >= 15 is 0 Å². The van der Waals surface area contributed by atoms with Gasteiger partial charge >= 0.3 is 0 Å². The zero-order chi connectivity index (χ0) is 21.8. The monoisotopic (exact) mass is 431 g/mol. The molecule has 0 atom stereocenters. The Morgan fingerprint density at radius 3 is 2.74 bits per heavy atom. The van der Waals surface area contributed by atoms with Crippen LogP contribution >= 0.6 is 0 Å². The summed E-state index contributed by atoms with van der Waals surface area (Å²) in [7, 11) is 1.95. The summed E-state index contributed by atoms with van der Waals surface area (Å²) in [6.07, 6.45) is 2.98. The Morgan fingerprint density at radius 2 is 2.00 bits per heavy atom. The molecule has 5 rings (SSSR count). The van der Waals surface area contributed by atoms with Crippen molar-refractivity contribution in [2.24, 2.45) is 0 Å². The van der Waals surface area contributed by atoms with Gasteiger partial charge in [0.25, 0.3) is 5.56 Å². The highest BCUT2D eigenvalue weighted by Crippen LogP contribution is 2.48. The maximum atomic E-state index is 14.9. The fourth-order valence-corrected chi connectivity index (χ4v) is 5.50. The fraction of sp³-hybridized carbons (Fsp3) is 0.545. The molecule has 1 saturated heterocycles. The van der Waals surface area contributed by atoms with E-state index in [9.17, 15) is 18.7 Å². The number of nitrogens with one attached hydrogen (secondary N) is 1. The number of hydrogen-bond acceptors (Lipinski definition) is 6. The van der Waals surface area contributed by atoms with Crippen molar-refractivity contribution < 1.29 is 13.9 Å². The lowest BCUT2D eigenvalue weighted by Gasteiger charge is -2.40. The Morgan fingerprint density at radius 1 is 1.23 bits per heavy atom. The molecule has 0 radical (unpaired) electrons. The third-order valence-electron chi connectivity index (χ3n) is 7.05. The normalized spacial score (nSPS) is 19.7. The first kappa shape index (κ1) is 20.2. The third-order valence-corrected chi connectivity index (χ3v) is 7.05. The minimum atomic E-state index is -0.603. The number of hydrogen-bond donors (Lipinski definition) is 2. The van der Waals surface area contributed by atoms with Crippen LogP contribution in [-0.4, -0.2) is 61.5 Å². The minimum absolute atomic E-state index is 0.0758. The summed E-state index contributed by atoms with van der Waals surface area (Å²) >= 11 is 0. The van der Waals surface area contributed by atoms with Crippen LogP contribution in [-0.2, 0) is 11.8 Å². The Hall–Kier alpha value is -2.68. The second-order valence-electron chi connectivity index (χ2n) is 8.91. The molecule has 4 heterocycles. The number of aromatic nitrogens is 2. The zero-order valence-corrected chi connectivity index (χ0v) is 17.6. The molecule has 0 amide bonds. The van der Waals surface area contributed by atoms with Gasteiger partial charge in [0.05, 0.1) is 12.2 Å². The van der Waals surface area contributed by atoms with Crippen molar-refractivity contribution >= 4 is 17.5 Å². The number of piperidine rings is 1. The smallest absolute Gasteiger partial charge is 0.257 e. The van der Waals surface area contributed by atoms with E-state index in [1.807, 2.05) is 21.7 Å². The molecular weight excluding hydrogens is 404 g/mol. The van der Waals surface area contributed by atoms with Gasteiger partial charge in [0.15, 0.2) is 0 Å². The molecule has 31 heavy (non-hydrogen) atoms. The third kappa shape index (κ3) is 3.26.